The molecule has 18 heavy (non-hydrogen) atoms. The van der Waals surface area contributed by atoms with Crippen molar-refractivity contribution in [1.29, 1.82) is 0 Å². The first kappa shape index (κ1) is 14.4. The van der Waals surface area contributed by atoms with E-state index >= 15 is 0 Å². The molecule has 1 radical (unpaired) electrons. The molecule has 0 N–H and O–H groups in total. The van der Waals surface area contributed by atoms with Gasteiger partial charge in [-0.3, -0.25) is 0 Å². The topological polar surface area (TPSA) is 0 Å². The lowest BCUT2D eigenvalue weighted by molar-refractivity contribution is 0.407. The third-order valence-electron chi connectivity index (χ3n) is 5.23. The Bertz CT molecular complexity index is 158. The fourth-order valence-electron chi connectivity index (χ4n) is 3.96. The van der Waals surface area contributed by atoms with E-state index in [1.807, 2.05) is 0 Å². The molecule has 2 saturated carbocycles. The third kappa shape index (κ3) is 5.76. The normalized spacial score (nSPS) is 24.7. The Morgan fingerprint density at radius 1 is 0.611 bits per heavy atom. The van der Waals surface area contributed by atoms with Crippen LogP contribution in [0.2, 0.25) is 0 Å². The van der Waals surface area contributed by atoms with Crippen molar-refractivity contribution >= 4 is 0 Å². The Hall–Kier alpha value is 0. The van der Waals surface area contributed by atoms with Crippen LogP contribution in [0.15, 0.2) is 0 Å². The van der Waals surface area contributed by atoms with Crippen LogP contribution in [0.4, 0.5) is 0 Å². The molecule has 2 aliphatic rings. The van der Waals surface area contributed by atoms with Crippen molar-refractivity contribution in [2.75, 3.05) is 0 Å². The fourth-order valence-corrected chi connectivity index (χ4v) is 3.96. The van der Waals surface area contributed by atoms with Crippen LogP contribution in [0.1, 0.15) is 96.3 Å². The molecular formula is C18H33. The smallest absolute Gasteiger partial charge is 0.0383 e. The van der Waals surface area contributed by atoms with Crippen LogP contribution in [0.5, 0.6) is 0 Å². The number of hydrogen-bond acceptors (Lipinski definition) is 0. The molecule has 105 valence electrons. The summed E-state index contributed by atoms with van der Waals surface area (Å²) in [5.41, 5.74) is 0. The van der Waals surface area contributed by atoms with E-state index in [9.17, 15) is 0 Å². The molecule has 0 aromatic rings. The van der Waals surface area contributed by atoms with Gasteiger partial charge in [-0.05, 0) is 31.1 Å². The summed E-state index contributed by atoms with van der Waals surface area (Å²) in [6.07, 6.45) is 25.1. The van der Waals surface area contributed by atoms with Crippen LogP contribution in [-0.4, -0.2) is 0 Å². The molecule has 0 spiro atoms. The summed E-state index contributed by atoms with van der Waals surface area (Å²) >= 11 is 0. The zero-order valence-corrected chi connectivity index (χ0v) is 12.3. The van der Waals surface area contributed by atoms with Gasteiger partial charge < -0.3 is 0 Å². The fraction of sp³-hybridized carbons (Fsp3) is 0.944. The van der Waals surface area contributed by atoms with Gasteiger partial charge in [0.2, 0.25) is 0 Å². The second-order valence-electron chi connectivity index (χ2n) is 6.82. The quantitative estimate of drug-likeness (QED) is 0.396. The number of rotatable bonds is 5. The lowest BCUT2D eigenvalue weighted by Gasteiger charge is -2.16. The second-order valence-corrected chi connectivity index (χ2v) is 6.82. The van der Waals surface area contributed by atoms with Gasteiger partial charge in [0.25, 0.3) is 0 Å². The lowest BCUT2D eigenvalue weighted by atomic mass is 9.90. The number of hydrogen-bond donors (Lipinski definition) is 0. The average molecular weight is 249 g/mol. The van der Waals surface area contributed by atoms with Gasteiger partial charge in [-0.1, -0.05) is 83.5 Å². The third-order valence-corrected chi connectivity index (χ3v) is 5.23. The van der Waals surface area contributed by atoms with Crippen LogP contribution in [0.25, 0.3) is 0 Å². The summed E-state index contributed by atoms with van der Waals surface area (Å²) in [7, 11) is 0. The van der Waals surface area contributed by atoms with Gasteiger partial charge >= 0.3 is 0 Å². The van der Waals surface area contributed by atoms with E-state index in [2.05, 4.69) is 6.42 Å². The van der Waals surface area contributed by atoms with Crippen LogP contribution in [-0.2, 0) is 0 Å². The van der Waals surface area contributed by atoms with Gasteiger partial charge in [0.15, 0.2) is 0 Å². The van der Waals surface area contributed by atoms with Crippen LogP contribution in [0.3, 0.4) is 0 Å². The highest BCUT2D eigenvalue weighted by molar-refractivity contribution is 4.75. The van der Waals surface area contributed by atoms with Gasteiger partial charge in [-0.2, -0.15) is 0 Å². The molecule has 2 aliphatic carbocycles. The minimum Gasteiger partial charge on any atom is -0.0533 e. The minimum atomic E-state index is 1.04. The van der Waals surface area contributed by atoms with Gasteiger partial charge in [0, 0.05) is 0 Å². The van der Waals surface area contributed by atoms with Crippen molar-refractivity contribution in [2.24, 2.45) is 11.8 Å². The van der Waals surface area contributed by atoms with Crippen molar-refractivity contribution in [3.05, 3.63) is 6.42 Å². The van der Waals surface area contributed by atoms with E-state index in [-0.39, 0.29) is 0 Å². The van der Waals surface area contributed by atoms with E-state index in [0.717, 1.165) is 11.8 Å². The lowest BCUT2D eigenvalue weighted by Crippen LogP contribution is -2.02. The largest absolute Gasteiger partial charge is 0.0533 e. The Morgan fingerprint density at radius 2 is 1.11 bits per heavy atom. The SMILES string of the molecule is [CH](CCC1CCCCCC1)CC1CCCCCC1. The average Bonchev–Trinajstić information content (AvgIpc) is 2.79. The van der Waals surface area contributed by atoms with Crippen molar-refractivity contribution in [3.8, 4) is 0 Å². The molecule has 0 bridgehead atoms. The molecular weight excluding hydrogens is 216 g/mol. The van der Waals surface area contributed by atoms with Gasteiger partial charge in [-0.25, -0.2) is 0 Å². The summed E-state index contributed by atoms with van der Waals surface area (Å²) in [6, 6.07) is 0. The highest BCUT2D eigenvalue weighted by Gasteiger charge is 2.14. The molecule has 0 saturated heterocycles. The number of unbranched alkanes of at least 4 members (excludes halogenated alkanes) is 1. The van der Waals surface area contributed by atoms with Gasteiger partial charge in [0.05, 0.1) is 0 Å². The molecule has 0 heterocycles. The van der Waals surface area contributed by atoms with E-state index in [1.54, 1.807) is 0 Å². The Kier molecular flexibility index (Phi) is 7.20. The summed E-state index contributed by atoms with van der Waals surface area (Å²) in [6.45, 7) is 0. The highest BCUT2D eigenvalue weighted by Crippen LogP contribution is 2.29. The Labute approximate surface area is 115 Å². The van der Waals surface area contributed by atoms with Crippen LogP contribution in [0, 0.1) is 18.3 Å². The highest BCUT2D eigenvalue weighted by atomic mass is 14.2. The van der Waals surface area contributed by atoms with Crippen LogP contribution < -0.4 is 0 Å². The van der Waals surface area contributed by atoms with E-state index < -0.39 is 0 Å². The molecule has 0 aliphatic heterocycles. The zero-order valence-electron chi connectivity index (χ0n) is 12.3. The molecule has 0 aromatic carbocycles. The van der Waals surface area contributed by atoms with E-state index in [4.69, 9.17) is 0 Å². The van der Waals surface area contributed by atoms with Crippen molar-refractivity contribution in [2.45, 2.75) is 96.3 Å². The maximum Gasteiger partial charge on any atom is -0.0383 e. The monoisotopic (exact) mass is 249 g/mol. The molecule has 0 nitrogen and oxygen atoms in total. The van der Waals surface area contributed by atoms with E-state index in [0.29, 0.717) is 0 Å². The predicted octanol–water partition coefficient (Wildman–Crippen LogP) is 6.30. The maximum atomic E-state index is 2.64. The van der Waals surface area contributed by atoms with Crippen molar-refractivity contribution in [1.82, 2.24) is 0 Å². The Morgan fingerprint density at radius 3 is 1.67 bits per heavy atom. The first-order valence-electron chi connectivity index (χ1n) is 8.77. The summed E-state index contributed by atoms with van der Waals surface area (Å²) in [5, 5.41) is 0. The molecule has 2 rings (SSSR count). The Balaban J connectivity index is 1.51. The molecule has 0 aromatic heterocycles. The summed E-state index contributed by atoms with van der Waals surface area (Å²) in [5.74, 6) is 2.11. The van der Waals surface area contributed by atoms with Gasteiger partial charge in [-0.15, -0.1) is 0 Å². The molecule has 0 atom stereocenters. The van der Waals surface area contributed by atoms with Crippen molar-refractivity contribution in [3.63, 3.8) is 0 Å². The first-order valence-corrected chi connectivity index (χ1v) is 8.77. The molecule has 0 heteroatoms. The first-order chi connectivity index (χ1) is 8.95. The molecule has 0 amide bonds. The maximum absolute atomic E-state index is 2.64. The van der Waals surface area contributed by atoms with Crippen LogP contribution >= 0.6 is 0 Å². The molecule has 0 unspecified atom stereocenters. The second kappa shape index (κ2) is 8.99. The minimum absolute atomic E-state index is 1.04. The summed E-state index contributed by atoms with van der Waals surface area (Å²) < 4.78 is 0. The summed E-state index contributed by atoms with van der Waals surface area (Å²) in [4.78, 5) is 0. The molecule has 2 fully saturated rings. The van der Waals surface area contributed by atoms with Gasteiger partial charge in [0.1, 0.15) is 0 Å². The van der Waals surface area contributed by atoms with Crippen molar-refractivity contribution < 1.29 is 0 Å². The predicted molar refractivity (Wildman–Crippen MR) is 80.5 cm³/mol. The van der Waals surface area contributed by atoms with E-state index in [1.165, 1.54) is 96.3 Å². The zero-order chi connectivity index (χ0) is 12.5. The standard InChI is InChI=1S/C18H33/c1-2-6-12-17(11-5-1)15-9-10-16-18-13-7-3-4-8-14-18/h9,17-18H,1-8,10-16H2.